The molecule has 0 unspecified atom stereocenters. The molecular weight excluding hydrogens is 782 g/mol. The third-order valence-electron chi connectivity index (χ3n) is 0. The molecule has 34 heteroatoms. The molecule has 0 aromatic carbocycles. The van der Waals surface area contributed by atoms with Crippen molar-refractivity contribution in [1.29, 1.82) is 0 Å². The van der Waals surface area contributed by atoms with Crippen LogP contribution in [0.25, 0.3) is 0 Å². The van der Waals surface area contributed by atoms with Crippen LogP contribution in [0.5, 0.6) is 0 Å². The van der Waals surface area contributed by atoms with Gasteiger partial charge in [-0.15, -0.1) is 0 Å². The zero-order valence-electron chi connectivity index (χ0n) is 68.0. The van der Waals surface area contributed by atoms with Crippen molar-refractivity contribution >= 4 is 0 Å². The molecule has 34 heavy (non-hydrogen) atoms. The van der Waals surface area contributed by atoms with Gasteiger partial charge in [0.05, 0.1) is 0 Å². The Morgan fingerprint density at radius 3 is 0.0588 bits per heavy atom. The molecule has 0 nitrogen and oxygen atoms in total. The molecule has 0 heterocycles. The van der Waals surface area contributed by atoms with E-state index < -0.39 is 0 Å². The van der Waals surface area contributed by atoms with Crippen molar-refractivity contribution in [2.45, 2.75) is 0 Å². The summed E-state index contributed by atoms with van der Waals surface area (Å²) in [6, 6.07) is 0. The maximum Gasteiger partial charge on any atom is 1.00 e. The van der Waals surface area contributed by atoms with Crippen molar-refractivity contribution < 1.29 is 1050 Å². The van der Waals surface area contributed by atoms with Gasteiger partial charge in [0.15, 0.2) is 0 Å². The first-order chi connectivity index (χ1) is 0. The van der Waals surface area contributed by atoms with Gasteiger partial charge in [0.2, 0.25) is 0 Å². The summed E-state index contributed by atoms with van der Waals surface area (Å²) in [5.41, 5.74) is 0. The van der Waals surface area contributed by atoms with Gasteiger partial charge in [-0.1, -0.05) is 0 Å². The summed E-state index contributed by atoms with van der Waals surface area (Å²) in [7, 11) is 0. The Labute approximate surface area is 1020 Å². The summed E-state index contributed by atoms with van der Waals surface area (Å²) >= 11 is 0. The van der Waals surface area contributed by atoms with Crippen LogP contribution in [0.2, 0.25) is 0 Å². The molecule has 0 N–H and O–H groups in total. The van der Waals surface area contributed by atoms with Gasteiger partial charge >= 0.3 is 1000 Å². The molecule has 0 saturated carbocycles. The molecule has 0 bridgehead atoms. The van der Waals surface area contributed by atoms with Gasteiger partial charge in [-0.25, -0.2) is 0 Å². The second-order valence-corrected chi connectivity index (χ2v) is 0. The van der Waals surface area contributed by atoms with Crippen molar-refractivity contribution in [1.82, 2.24) is 0 Å². The van der Waals surface area contributed by atoms with Gasteiger partial charge in [-0.3, -0.25) is 0 Å². The number of hydrogen-bond donors (Lipinski definition) is 0. The van der Waals surface area contributed by atoms with Gasteiger partial charge < -0.3 is 48.5 Å². The molecule has 0 aromatic rings. The van der Waals surface area contributed by atoms with Gasteiger partial charge in [-0.05, 0) is 0 Å². The van der Waals surface area contributed by atoms with Crippen LogP contribution in [-0.4, -0.2) is 0 Å². The van der Waals surface area contributed by atoms with Gasteiger partial charge in [0.25, 0.3) is 0 Å². The molecular formula is H34Na34. The van der Waals surface area contributed by atoms with Gasteiger partial charge in [0.1, 0.15) is 0 Å². The normalized spacial score (nSPS) is 0. The van der Waals surface area contributed by atoms with Crippen LogP contribution in [0.3, 0.4) is 0 Å². The first-order valence-corrected chi connectivity index (χ1v) is 0. The Bertz CT molecular complexity index is 68.0. The van der Waals surface area contributed by atoms with E-state index >= 15 is 0 Å². The predicted molar refractivity (Wildman–Crippen MR) is 37.8 cm³/mol. The fraction of sp³-hybridized carbons (Fsp3) is 0. The van der Waals surface area contributed by atoms with Crippen molar-refractivity contribution in [2.24, 2.45) is 0 Å². The van der Waals surface area contributed by atoms with E-state index in [1.54, 1.807) is 0 Å². The standard InChI is InChI=1S/34Na.34H/q34*+1;34*-1. The van der Waals surface area contributed by atoms with Crippen molar-refractivity contribution in [2.75, 3.05) is 0 Å². The summed E-state index contributed by atoms with van der Waals surface area (Å²) in [5, 5.41) is 0. The molecule has 0 atom stereocenters. The third kappa shape index (κ3) is 241. The molecule has 0 radical (unpaired) electrons. The van der Waals surface area contributed by atoms with E-state index in [9.17, 15) is 0 Å². The Hall–Kier alpha value is 34.0. The smallest absolute Gasteiger partial charge is 1.00 e. The van der Waals surface area contributed by atoms with Gasteiger partial charge in [-0.2, -0.15) is 0 Å². The zero-order valence-corrected chi connectivity index (χ0v) is 102. The molecule has 0 fully saturated rings. The van der Waals surface area contributed by atoms with Crippen LogP contribution in [0.15, 0.2) is 0 Å². The summed E-state index contributed by atoms with van der Waals surface area (Å²) in [6.45, 7) is 0. The molecule has 68 valence electrons. The molecule has 0 aliphatic carbocycles. The predicted octanol–water partition coefficient (Wildman–Crippen LogP) is -98.0. The van der Waals surface area contributed by atoms with E-state index in [2.05, 4.69) is 0 Å². The fourth-order valence-electron chi connectivity index (χ4n) is 0. The van der Waals surface area contributed by atoms with Crippen molar-refractivity contribution in [3.63, 3.8) is 0 Å². The molecule has 0 aliphatic heterocycles. The maximum atomic E-state index is 0. The van der Waals surface area contributed by atoms with Crippen LogP contribution in [-0.2, 0) is 0 Å². The van der Waals surface area contributed by atoms with Crippen LogP contribution < -0.4 is 1000 Å². The molecule has 0 rings (SSSR count). The molecule has 0 aliphatic rings. The topological polar surface area (TPSA) is 0 Å². The Morgan fingerprint density at radius 2 is 0.0588 bits per heavy atom. The molecule has 0 spiro atoms. The second-order valence-electron chi connectivity index (χ2n) is 0. The Kier molecular flexibility index (Phi) is 1960. The first-order valence-electron chi connectivity index (χ1n) is 0. The quantitative estimate of drug-likeness (QED) is 0.214. The van der Waals surface area contributed by atoms with E-state index in [0.717, 1.165) is 0 Å². The molecule has 0 aromatic heterocycles. The van der Waals surface area contributed by atoms with E-state index in [1.807, 2.05) is 0 Å². The Balaban J connectivity index is 0. The van der Waals surface area contributed by atoms with E-state index in [-0.39, 0.29) is 1050 Å². The van der Waals surface area contributed by atoms with E-state index in [0.29, 0.717) is 0 Å². The van der Waals surface area contributed by atoms with E-state index in [4.69, 9.17) is 0 Å². The molecule has 0 amide bonds. The van der Waals surface area contributed by atoms with Crippen LogP contribution in [0.1, 0.15) is 48.5 Å². The van der Waals surface area contributed by atoms with Crippen molar-refractivity contribution in [3.8, 4) is 0 Å². The van der Waals surface area contributed by atoms with E-state index in [1.165, 1.54) is 0 Å². The number of rotatable bonds is 0. The average Bonchev–Trinajstić information content (AvgIpc) is 0. The summed E-state index contributed by atoms with van der Waals surface area (Å²) in [5.74, 6) is 0. The summed E-state index contributed by atoms with van der Waals surface area (Å²) in [6.07, 6.45) is 0. The molecule has 0 saturated heterocycles. The maximum absolute atomic E-state index is 0. The van der Waals surface area contributed by atoms with Crippen LogP contribution in [0, 0.1) is 0 Å². The summed E-state index contributed by atoms with van der Waals surface area (Å²) < 4.78 is 0. The van der Waals surface area contributed by atoms with Crippen molar-refractivity contribution in [3.05, 3.63) is 0 Å². The minimum absolute atomic E-state index is 0. The second kappa shape index (κ2) is 252. The zero-order chi connectivity index (χ0) is 0. The number of hydrogen-bond acceptors (Lipinski definition) is 0. The van der Waals surface area contributed by atoms with Crippen LogP contribution in [0.4, 0.5) is 0 Å². The van der Waals surface area contributed by atoms with Gasteiger partial charge in [0, 0.05) is 0 Å². The summed E-state index contributed by atoms with van der Waals surface area (Å²) in [4.78, 5) is 0. The largest absolute Gasteiger partial charge is 1.00 e. The fourth-order valence-corrected chi connectivity index (χ4v) is 0. The average molecular weight is 816 g/mol. The first kappa shape index (κ1) is 264. The third-order valence-corrected chi connectivity index (χ3v) is 0. The Morgan fingerprint density at radius 1 is 0.0588 bits per heavy atom. The SMILES string of the molecule is [H-].[H-].[H-].[H-].[H-].[H-].[H-].[H-].[H-].[H-].[H-].[H-].[H-].[H-].[H-].[H-].[H-].[H-].[H-].[H-].[H-].[H-].[H-].[H-].[H-].[H-].[H-].[H-].[H-].[H-].[H-].[H-].[H-].[H-].[Na+].[Na+].[Na+].[Na+].[Na+].[Na+].[Na+].[Na+].[Na+].[Na+].[Na+].[Na+].[Na+].[Na+].[Na+].[Na+].[Na+].[Na+].[Na+].[Na+].[Na+].[Na+].[Na+].[Na+].[Na+].[Na+].[Na+].[Na+].[Na+].[Na+].[Na+].[Na+].[Na+].[Na+]. The van der Waals surface area contributed by atoms with Crippen LogP contribution >= 0.6 is 0 Å². The monoisotopic (exact) mass is 816 g/mol. The minimum Gasteiger partial charge on any atom is -1.00 e. The minimum atomic E-state index is 0.